The highest BCUT2D eigenvalue weighted by Crippen LogP contribution is 2.61. The number of nitrogens with zero attached hydrogens (tertiary/aromatic N) is 2. The Morgan fingerprint density at radius 2 is 1.92 bits per heavy atom. The Bertz CT molecular complexity index is 302. The molecule has 1 aliphatic rings. The lowest BCUT2D eigenvalue weighted by Gasteiger charge is -2.46. The molecule has 0 amide bonds. The van der Waals surface area contributed by atoms with Crippen molar-refractivity contribution in [3.05, 3.63) is 4.91 Å². The van der Waals surface area contributed by atoms with Crippen LogP contribution in [0.25, 0.3) is 0 Å². The first-order chi connectivity index (χ1) is 5.83. The molecule has 2 atom stereocenters. The van der Waals surface area contributed by atoms with Crippen molar-refractivity contribution in [1.29, 1.82) is 0 Å². The van der Waals surface area contributed by atoms with E-state index in [1.165, 1.54) is 0 Å². The van der Waals surface area contributed by atoms with Crippen molar-refractivity contribution in [2.75, 3.05) is 0 Å². The molecule has 72 valence electrons. The van der Waals surface area contributed by atoms with Crippen LogP contribution < -0.4 is 0 Å². The summed E-state index contributed by atoms with van der Waals surface area (Å²) in [5.41, 5.74) is -2.74. The lowest BCUT2D eigenvalue weighted by atomic mass is 9.79. The maximum atomic E-state index is 12.9. The van der Waals surface area contributed by atoms with Crippen molar-refractivity contribution in [2.45, 2.75) is 23.1 Å². The number of isocyanates is 1. The second-order valence-corrected chi connectivity index (χ2v) is 3.09. The van der Waals surface area contributed by atoms with Gasteiger partial charge in [-0.05, 0) is 5.18 Å². The zero-order chi connectivity index (χ0) is 10.3. The topological polar surface area (TPSA) is 58.9 Å². The molecule has 0 heterocycles. The van der Waals surface area contributed by atoms with Gasteiger partial charge in [0.05, 0.1) is 6.42 Å². The van der Waals surface area contributed by atoms with Gasteiger partial charge in [0, 0.05) is 0 Å². The van der Waals surface area contributed by atoms with Gasteiger partial charge in [0.15, 0.2) is 0 Å². The summed E-state index contributed by atoms with van der Waals surface area (Å²) in [5, 5.41) is -1.74. The highest BCUT2D eigenvalue weighted by molar-refractivity contribution is 6.25. The molecule has 0 N–H and O–H groups in total. The van der Waals surface area contributed by atoms with Crippen molar-refractivity contribution in [2.24, 2.45) is 10.2 Å². The summed E-state index contributed by atoms with van der Waals surface area (Å²) in [4.78, 5) is 22.3. The lowest BCUT2D eigenvalue weighted by molar-refractivity contribution is -0.214. The molecule has 2 unspecified atom stereocenters. The Morgan fingerprint density at radius 1 is 1.38 bits per heavy atom. The number of alkyl halides is 4. The molecule has 0 saturated heterocycles. The summed E-state index contributed by atoms with van der Waals surface area (Å²) in [5.74, 6) is -3.91. The molecule has 13 heavy (non-hydrogen) atoms. The van der Waals surface area contributed by atoms with E-state index < -0.39 is 23.1 Å². The van der Waals surface area contributed by atoms with E-state index in [0.717, 1.165) is 6.08 Å². The molecule has 8 heteroatoms. The summed E-state index contributed by atoms with van der Waals surface area (Å²) in [6, 6.07) is 0. The molecule has 0 bridgehead atoms. The molecule has 0 radical (unpaired) electrons. The first kappa shape index (κ1) is 10.1. The lowest BCUT2D eigenvalue weighted by Crippen LogP contribution is -2.68. The third kappa shape index (κ3) is 1.00. The van der Waals surface area contributed by atoms with Crippen molar-refractivity contribution in [3.8, 4) is 0 Å². The van der Waals surface area contributed by atoms with Crippen molar-refractivity contribution >= 4 is 17.7 Å². The molecule has 1 aliphatic carbocycles. The van der Waals surface area contributed by atoms with Crippen LogP contribution in [0.1, 0.15) is 6.42 Å². The summed E-state index contributed by atoms with van der Waals surface area (Å²) in [7, 11) is 0. The monoisotopic (exact) mass is 214 g/mol. The Morgan fingerprint density at radius 3 is 2.15 bits per heavy atom. The van der Waals surface area contributed by atoms with Crippen LogP contribution in [0.5, 0.6) is 0 Å². The van der Waals surface area contributed by atoms with Crippen LogP contribution in [0.4, 0.5) is 13.2 Å². The SMILES string of the molecule is O=C=NC1(N=O)CC(F)(F)C1(F)Cl. The first-order valence-electron chi connectivity index (χ1n) is 3.02. The molecule has 1 saturated carbocycles. The van der Waals surface area contributed by atoms with E-state index in [9.17, 15) is 22.9 Å². The third-order valence-electron chi connectivity index (χ3n) is 1.81. The normalized spacial score (nSPS) is 41.5. The van der Waals surface area contributed by atoms with Gasteiger partial charge in [-0.25, -0.2) is 18.0 Å². The van der Waals surface area contributed by atoms with Gasteiger partial charge in [-0.15, -0.1) is 4.91 Å². The zero-order valence-electron chi connectivity index (χ0n) is 5.93. The van der Waals surface area contributed by atoms with Crippen LogP contribution >= 0.6 is 11.6 Å². The van der Waals surface area contributed by atoms with E-state index >= 15 is 0 Å². The van der Waals surface area contributed by atoms with E-state index in [0.29, 0.717) is 0 Å². The molecule has 0 aromatic rings. The fourth-order valence-corrected chi connectivity index (χ4v) is 1.22. The number of carbonyl (C=O) groups excluding carboxylic acids is 1. The number of halogens is 4. The van der Waals surface area contributed by atoms with Crippen LogP contribution in [-0.2, 0) is 4.79 Å². The molecule has 0 spiro atoms. The van der Waals surface area contributed by atoms with Gasteiger partial charge in [0.2, 0.25) is 6.08 Å². The summed E-state index contributed by atoms with van der Waals surface area (Å²) < 4.78 is 37.8. The number of aliphatic imine (C=N–C) groups is 1. The van der Waals surface area contributed by atoms with Gasteiger partial charge in [-0.1, -0.05) is 11.6 Å². The van der Waals surface area contributed by atoms with Gasteiger partial charge in [0.1, 0.15) is 0 Å². The largest absolute Gasteiger partial charge is 0.304 e. The van der Waals surface area contributed by atoms with Gasteiger partial charge >= 0.3 is 5.92 Å². The fourth-order valence-electron chi connectivity index (χ4n) is 1.01. The Hall–Kier alpha value is -0.940. The van der Waals surface area contributed by atoms with Gasteiger partial charge in [0.25, 0.3) is 10.8 Å². The van der Waals surface area contributed by atoms with Crippen molar-refractivity contribution in [1.82, 2.24) is 0 Å². The predicted molar refractivity (Wildman–Crippen MR) is 35.9 cm³/mol. The van der Waals surface area contributed by atoms with Gasteiger partial charge in [-0.3, -0.25) is 0 Å². The van der Waals surface area contributed by atoms with Gasteiger partial charge in [-0.2, -0.15) is 4.99 Å². The van der Waals surface area contributed by atoms with Crippen LogP contribution in [0.2, 0.25) is 0 Å². The van der Waals surface area contributed by atoms with E-state index in [1.807, 2.05) is 5.18 Å². The highest BCUT2D eigenvalue weighted by atomic mass is 35.5. The average molecular weight is 215 g/mol. The number of hydrogen-bond donors (Lipinski definition) is 0. The smallest absolute Gasteiger partial charge is 0.214 e. The highest BCUT2D eigenvalue weighted by Gasteiger charge is 2.81. The van der Waals surface area contributed by atoms with E-state index in [-0.39, 0.29) is 0 Å². The molecule has 4 nitrogen and oxygen atoms in total. The summed E-state index contributed by atoms with van der Waals surface area (Å²) in [6.45, 7) is 0. The fraction of sp³-hybridized carbons (Fsp3) is 0.800. The quantitative estimate of drug-likeness (QED) is 0.304. The minimum absolute atomic E-state index is 0.778. The number of rotatable bonds is 2. The van der Waals surface area contributed by atoms with Crippen LogP contribution in [0.15, 0.2) is 10.2 Å². The molecular weight excluding hydrogens is 213 g/mol. The molecule has 0 aromatic carbocycles. The Balaban J connectivity index is 3.11. The minimum atomic E-state index is -3.91. The second kappa shape index (κ2) is 2.52. The van der Waals surface area contributed by atoms with Crippen molar-refractivity contribution in [3.63, 3.8) is 0 Å². The minimum Gasteiger partial charge on any atom is -0.214 e. The van der Waals surface area contributed by atoms with Crippen LogP contribution in [0.3, 0.4) is 0 Å². The molecule has 0 aromatic heterocycles. The van der Waals surface area contributed by atoms with Crippen LogP contribution in [0, 0.1) is 4.91 Å². The first-order valence-corrected chi connectivity index (χ1v) is 3.40. The maximum Gasteiger partial charge on any atom is 0.304 e. The van der Waals surface area contributed by atoms with Crippen LogP contribution in [-0.4, -0.2) is 22.8 Å². The van der Waals surface area contributed by atoms with E-state index in [1.54, 1.807) is 0 Å². The standard InChI is InChI=1S/C5H2ClF3N2O2/c6-5(9)3(7,8)1-4(5,11-13)10-2-12/h1H2. The third-order valence-corrected chi connectivity index (χ3v) is 2.39. The van der Waals surface area contributed by atoms with Gasteiger partial charge < -0.3 is 0 Å². The maximum absolute atomic E-state index is 12.9. The Labute approximate surface area is 74.7 Å². The Kier molecular flexibility index (Phi) is 1.97. The van der Waals surface area contributed by atoms with Crippen molar-refractivity contribution < 1.29 is 18.0 Å². The molecule has 0 aliphatic heterocycles. The van der Waals surface area contributed by atoms with E-state index in [2.05, 4.69) is 4.99 Å². The number of nitroso groups, excluding NO2 is 1. The summed E-state index contributed by atoms with van der Waals surface area (Å²) in [6.07, 6.45) is -0.542. The second-order valence-electron chi connectivity index (χ2n) is 2.57. The predicted octanol–water partition coefficient (Wildman–Crippen LogP) is 1.73. The number of hydrogen-bond acceptors (Lipinski definition) is 4. The zero-order valence-corrected chi connectivity index (χ0v) is 6.69. The molecule has 1 rings (SSSR count). The molecular formula is C5H2ClF3N2O2. The molecule has 1 fully saturated rings. The average Bonchev–Trinajstić information content (AvgIpc) is 2.02. The van der Waals surface area contributed by atoms with E-state index in [4.69, 9.17) is 11.6 Å². The summed E-state index contributed by atoms with van der Waals surface area (Å²) >= 11 is 4.71.